The minimum Gasteiger partial charge on any atom is -0.310 e. The van der Waals surface area contributed by atoms with Gasteiger partial charge in [0.2, 0.25) is 0 Å². The zero-order valence-electron chi connectivity index (χ0n) is 9.68. The van der Waals surface area contributed by atoms with Crippen molar-refractivity contribution in [3.05, 3.63) is 0 Å². The van der Waals surface area contributed by atoms with Gasteiger partial charge in [-0.3, -0.25) is 4.90 Å². The first-order chi connectivity index (χ1) is 6.73. The van der Waals surface area contributed by atoms with Crippen LogP contribution in [0.5, 0.6) is 0 Å². The molecule has 0 saturated carbocycles. The zero-order valence-corrected chi connectivity index (χ0v) is 9.68. The quantitative estimate of drug-likeness (QED) is 0.743. The molecule has 0 spiro atoms. The van der Waals surface area contributed by atoms with Crippen molar-refractivity contribution >= 4 is 0 Å². The summed E-state index contributed by atoms with van der Waals surface area (Å²) in [5.41, 5.74) is 0.414. The fourth-order valence-corrected chi connectivity index (χ4v) is 3.11. The van der Waals surface area contributed by atoms with Crippen LogP contribution >= 0.6 is 0 Å². The van der Waals surface area contributed by atoms with Crippen molar-refractivity contribution < 1.29 is 0 Å². The minimum absolute atomic E-state index is 0.414. The molecule has 2 heterocycles. The number of rotatable bonds is 3. The van der Waals surface area contributed by atoms with E-state index in [9.17, 15) is 0 Å². The van der Waals surface area contributed by atoms with Crippen LogP contribution in [0, 0.1) is 0 Å². The summed E-state index contributed by atoms with van der Waals surface area (Å²) in [6.45, 7) is 8.54. The van der Waals surface area contributed by atoms with Crippen molar-refractivity contribution in [1.82, 2.24) is 10.2 Å². The van der Waals surface area contributed by atoms with Crippen LogP contribution in [0.4, 0.5) is 0 Å². The molecule has 2 aliphatic rings. The molecule has 0 aromatic heterocycles. The molecular formula is C12H24N2. The van der Waals surface area contributed by atoms with E-state index < -0.39 is 0 Å². The Hall–Kier alpha value is -0.0800. The normalized spacial score (nSPS) is 39.4. The van der Waals surface area contributed by atoms with Gasteiger partial charge >= 0.3 is 0 Å². The summed E-state index contributed by atoms with van der Waals surface area (Å²) < 4.78 is 0. The lowest BCUT2D eigenvalue weighted by molar-refractivity contribution is 0.186. The molecule has 0 aliphatic carbocycles. The van der Waals surface area contributed by atoms with Gasteiger partial charge in [0.25, 0.3) is 0 Å². The number of hydrogen-bond acceptors (Lipinski definition) is 2. The SMILES string of the molecule is CCC1CCCN1CC1(C)CCCN1. The second kappa shape index (κ2) is 4.19. The molecule has 2 nitrogen and oxygen atoms in total. The van der Waals surface area contributed by atoms with Gasteiger partial charge in [-0.05, 0) is 52.1 Å². The maximum Gasteiger partial charge on any atom is 0.0281 e. The maximum absolute atomic E-state index is 3.66. The molecule has 0 radical (unpaired) electrons. The van der Waals surface area contributed by atoms with Crippen LogP contribution in [-0.4, -0.2) is 36.1 Å². The first-order valence-electron chi connectivity index (χ1n) is 6.22. The summed E-state index contributed by atoms with van der Waals surface area (Å²) in [5, 5.41) is 3.66. The summed E-state index contributed by atoms with van der Waals surface area (Å²) in [6.07, 6.45) is 6.89. The van der Waals surface area contributed by atoms with Gasteiger partial charge in [0.1, 0.15) is 0 Å². The summed E-state index contributed by atoms with van der Waals surface area (Å²) in [6, 6.07) is 0.870. The van der Waals surface area contributed by atoms with E-state index >= 15 is 0 Å². The van der Waals surface area contributed by atoms with E-state index in [-0.39, 0.29) is 0 Å². The van der Waals surface area contributed by atoms with Crippen molar-refractivity contribution in [3.8, 4) is 0 Å². The van der Waals surface area contributed by atoms with Crippen LogP contribution in [0.2, 0.25) is 0 Å². The first kappa shape index (κ1) is 10.4. The van der Waals surface area contributed by atoms with Crippen LogP contribution in [0.15, 0.2) is 0 Å². The molecular weight excluding hydrogens is 172 g/mol. The Morgan fingerprint density at radius 3 is 2.93 bits per heavy atom. The van der Waals surface area contributed by atoms with Gasteiger partial charge in [-0.1, -0.05) is 6.92 Å². The predicted octanol–water partition coefficient (Wildman–Crippen LogP) is 2.00. The highest BCUT2D eigenvalue weighted by Gasteiger charge is 2.33. The molecule has 0 amide bonds. The molecule has 82 valence electrons. The summed E-state index contributed by atoms with van der Waals surface area (Å²) in [7, 11) is 0. The number of hydrogen-bond donors (Lipinski definition) is 1. The highest BCUT2D eigenvalue weighted by molar-refractivity contribution is 4.94. The van der Waals surface area contributed by atoms with Gasteiger partial charge in [0.15, 0.2) is 0 Å². The highest BCUT2D eigenvalue weighted by Crippen LogP contribution is 2.26. The molecule has 14 heavy (non-hydrogen) atoms. The molecule has 2 rings (SSSR count). The van der Waals surface area contributed by atoms with E-state index in [1.54, 1.807) is 0 Å². The molecule has 0 bridgehead atoms. The zero-order chi connectivity index (χ0) is 10.0. The third-order valence-electron chi connectivity index (χ3n) is 3.98. The number of nitrogens with one attached hydrogen (secondary N) is 1. The van der Waals surface area contributed by atoms with E-state index in [0.717, 1.165) is 6.04 Å². The maximum atomic E-state index is 3.66. The van der Waals surface area contributed by atoms with Gasteiger partial charge in [-0.15, -0.1) is 0 Å². The van der Waals surface area contributed by atoms with Crippen LogP contribution in [-0.2, 0) is 0 Å². The van der Waals surface area contributed by atoms with Crippen LogP contribution < -0.4 is 5.32 Å². The fraction of sp³-hybridized carbons (Fsp3) is 1.00. The lowest BCUT2D eigenvalue weighted by Crippen LogP contribution is -2.48. The molecule has 2 unspecified atom stereocenters. The van der Waals surface area contributed by atoms with E-state index in [4.69, 9.17) is 0 Å². The monoisotopic (exact) mass is 196 g/mol. The van der Waals surface area contributed by atoms with Crippen molar-refractivity contribution in [2.45, 2.75) is 57.5 Å². The van der Waals surface area contributed by atoms with Gasteiger partial charge in [-0.25, -0.2) is 0 Å². The molecule has 2 saturated heterocycles. The van der Waals surface area contributed by atoms with Gasteiger partial charge in [-0.2, -0.15) is 0 Å². The molecule has 0 aromatic carbocycles. The third kappa shape index (κ3) is 2.12. The highest BCUT2D eigenvalue weighted by atomic mass is 15.2. The van der Waals surface area contributed by atoms with Gasteiger partial charge in [0, 0.05) is 18.1 Å². The van der Waals surface area contributed by atoms with Crippen LogP contribution in [0.1, 0.15) is 46.0 Å². The third-order valence-corrected chi connectivity index (χ3v) is 3.98. The smallest absolute Gasteiger partial charge is 0.0281 e. The lowest BCUT2D eigenvalue weighted by Gasteiger charge is -2.33. The van der Waals surface area contributed by atoms with Gasteiger partial charge in [0.05, 0.1) is 0 Å². The molecule has 2 heteroatoms. The second-order valence-electron chi connectivity index (χ2n) is 5.27. The topological polar surface area (TPSA) is 15.3 Å². The molecule has 0 aromatic rings. The Morgan fingerprint density at radius 1 is 1.43 bits per heavy atom. The average Bonchev–Trinajstić information content (AvgIpc) is 2.75. The Labute approximate surface area is 88.1 Å². The van der Waals surface area contributed by atoms with Crippen molar-refractivity contribution in [1.29, 1.82) is 0 Å². The Balaban J connectivity index is 1.89. The summed E-state index contributed by atoms with van der Waals surface area (Å²) in [4.78, 5) is 2.71. The predicted molar refractivity (Wildman–Crippen MR) is 60.5 cm³/mol. The largest absolute Gasteiger partial charge is 0.310 e. The summed E-state index contributed by atoms with van der Waals surface area (Å²) in [5.74, 6) is 0. The first-order valence-corrected chi connectivity index (χ1v) is 6.22. The minimum atomic E-state index is 0.414. The second-order valence-corrected chi connectivity index (χ2v) is 5.27. The van der Waals surface area contributed by atoms with Crippen molar-refractivity contribution in [2.75, 3.05) is 19.6 Å². The van der Waals surface area contributed by atoms with E-state index in [1.165, 1.54) is 51.7 Å². The molecule has 1 N–H and O–H groups in total. The van der Waals surface area contributed by atoms with Crippen LogP contribution in [0.25, 0.3) is 0 Å². The van der Waals surface area contributed by atoms with Crippen molar-refractivity contribution in [2.24, 2.45) is 0 Å². The van der Waals surface area contributed by atoms with E-state index in [2.05, 4.69) is 24.1 Å². The molecule has 2 aliphatic heterocycles. The molecule has 2 atom stereocenters. The standard InChI is InChI=1S/C12H24N2/c1-3-11-6-4-9-14(11)10-12(2)7-5-8-13-12/h11,13H,3-10H2,1-2H3. The fourth-order valence-electron chi connectivity index (χ4n) is 3.11. The average molecular weight is 196 g/mol. The van der Waals surface area contributed by atoms with Gasteiger partial charge < -0.3 is 5.32 Å². The number of nitrogens with zero attached hydrogens (tertiary/aromatic N) is 1. The lowest BCUT2D eigenvalue weighted by atomic mass is 9.99. The summed E-state index contributed by atoms with van der Waals surface area (Å²) >= 11 is 0. The van der Waals surface area contributed by atoms with E-state index in [1.807, 2.05) is 0 Å². The molecule has 2 fully saturated rings. The van der Waals surface area contributed by atoms with Crippen LogP contribution in [0.3, 0.4) is 0 Å². The van der Waals surface area contributed by atoms with E-state index in [0.29, 0.717) is 5.54 Å². The Kier molecular flexibility index (Phi) is 3.13. The Morgan fingerprint density at radius 2 is 2.29 bits per heavy atom. The van der Waals surface area contributed by atoms with Crippen molar-refractivity contribution in [3.63, 3.8) is 0 Å². The number of likely N-dealkylation sites (tertiary alicyclic amines) is 1. The Bertz CT molecular complexity index is 185.